The standard InChI is InChI=1S/C23H24N2O6S/c1-31-16-7-4-14(5-8-16)18(11-21(27)25-19-12-32(29,30)13-20(19)26)17-9-6-15-3-2-10-24-22(15)23(17)28/h2-10,18-20,26,28H,11-13H2,1H3,(H,25,27). The first-order valence-electron chi connectivity index (χ1n) is 10.2. The molecule has 0 spiro atoms. The van der Waals surface area contributed by atoms with Crippen molar-refractivity contribution in [2.75, 3.05) is 18.6 Å². The number of ether oxygens (including phenoxy) is 1. The molecule has 1 aliphatic heterocycles. The SMILES string of the molecule is COc1ccc(C(CC(=O)NC2CS(=O)(=O)CC2O)c2ccc3cccnc3c2O)cc1. The number of pyridine rings is 1. The van der Waals surface area contributed by atoms with Crippen LogP contribution < -0.4 is 10.1 Å². The number of methoxy groups -OCH3 is 1. The first-order valence-corrected chi connectivity index (χ1v) is 12.0. The second kappa shape index (κ2) is 8.76. The quantitative estimate of drug-likeness (QED) is 0.516. The largest absolute Gasteiger partial charge is 0.505 e. The van der Waals surface area contributed by atoms with Gasteiger partial charge in [-0.3, -0.25) is 9.78 Å². The number of hydrogen-bond acceptors (Lipinski definition) is 7. The van der Waals surface area contributed by atoms with Crippen molar-refractivity contribution in [1.29, 1.82) is 0 Å². The highest BCUT2D eigenvalue weighted by Crippen LogP contribution is 2.38. The Morgan fingerprint density at radius 3 is 2.59 bits per heavy atom. The molecule has 0 aliphatic carbocycles. The Hall–Kier alpha value is -3.17. The highest BCUT2D eigenvalue weighted by atomic mass is 32.2. The molecule has 0 bridgehead atoms. The molecular weight excluding hydrogens is 432 g/mol. The number of amides is 1. The number of aliphatic hydroxyl groups excluding tert-OH is 1. The maximum absolute atomic E-state index is 12.9. The summed E-state index contributed by atoms with van der Waals surface area (Å²) in [7, 11) is -1.83. The van der Waals surface area contributed by atoms with Crippen molar-refractivity contribution >= 4 is 26.6 Å². The third-order valence-corrected chi connectivity index (χ3v) is 7.45. The predicted octanol–water partition coefficient (Wildman–Crippen LogP) is 1.75. The number of aliphatic hydroxyl groups is 1. The molecule has 2 aromatic carbocycles. The molecule has 1 aliphatic rings. The lowest BCUT2D eigenvalue weighted by atomic mass is 9.86. The van der Waals surface area contributed by atoms with Crippen LogP contribution in [0.15, 0.2) is 54.7 Å². The van der Waals surface area contributed by atoms with E-state index in [1.54, 1.807) is 37.6 Å². The van der Waals surface area contributed by atoms with E-state index in [-0.39, 0.29) is 23.7 Å². The molecule has 0 radical (unpaired) electrons. The lowest BCUT2D eigenvalue weighted by molar-refractivity contribution is -0.122. The molecule has 4 rings (SSSR count). The molecule has 9 heteroatoms. The first-order chi connectivity index (χ1) is 15.3. The lowest BCUT2D eigenvalue weighted by Crippen LogP contribution is -2.43. The highest BCUT2D eigenvalue weighted by molar-refractivity contribution is 7.91. The minimum Gasteiger partial charge on any atom is -0.505 e. The lowest BCUT2D eigenvalue weighted by Gasteiger charge is -2.22. The van der Waals surface area contributed by atoms with Crippen molar-refractivity contribution in [3.05, 3.63) is 65.9 Å². The molecular formula is C23H24N2O6S. The minimum absolute atomic E-state index is 0.0137. The summed E-state index contributed by atoms with van der Waals surface area (Å²) in [5, 5.41) is 24.4. The Bertz CT molecular complexity index is 1240. The van der Waals surface area contributed by atoms with E-state index < -0.39 is 33.8 Å². The molecule has 2 heterocycles. The van der Waals surface area contributed by atoms with Crippen LogP contribution in [0, 0.1) is 0 Å². The molecule has 3 N–H and O–H groups in total. The van der Waals surface area contributed by atoms with E-state index in [4.69, 9.17) is 4.74 Å². The van der Waals surface area contributed by atoms with Crippen molar-refractivity contribution in [2.45, 2.75) is 24.5 Å². The predicted molar refractivity (Wildman–Crippen MR) is 119 cm³/mol. The van der Waals surface area contributed by atoms with Crippen LogP contribution in [0.4, 0.5) is 0 Å². The number of nitrogens with one attached hydrogen (secondary N) is 1. The zero-order valence-corrected chi connectivity index (χ0v) is 18.2. The summed E-state index contributed by atoms with van der Waals surface area (Å²) in [6.45, 7) is 0. The summed E-state index contributed by atoms with van der Waals surface area (Å²) in [4.78, 5) is 17.1. The van der Waals surface area contributed by atoms with Crippen molar-refractivity contribution in [3.63, 3.8) is 0 Å². The number of sulfone groups is 1. The van der Waals surface area contributed by atoms with E-state index in [0.717, 1.165) is 10.9 Å². The van der Waals surface area contributed by atoms with Crippen molar-refractivity contribution < 1.29 is 28.2 Å². The van der Waals surface area contributed by atoms with Gasteiger partial charge in [-0.25, -0.2) is 8.42 Å². The van der Waals surface area contributed by atoms with Crippen molar-refractivity contribution in [2.24, 2.45) is 0 Å². The average molecular weight is 457 g/mol. The van der Waals surface area contributed by atoms with E-state index in [1.165, 1.54) is 0 Å². The molecule has 3 atom stereocenters. The van der Waals surface area contributed by atoms with Crippen LogP contribution >= 0.6 is 0 Å². The van der Waals surface area contributed by atoms with Crippen LogP contribution in [0.1, 0.15) is 23.5 Å². The van der Waals surface area contributed by atoms with E-state index in [2.05, 4.69) is 10.3 Å². The monoisotopic (exact) mass is 456 g/mol. The van der Waals surface area contributed by atoms with E-state index in [0.29, 0.717) is 16.8 Å². The number of aromatic nitrogens is 1. The Balaban J connectivity index is 1.67. The number of benzene rings is 2. The summed E-state index contributed by atoms with van der Waals surface area (Å²) in [6.07, 6.45) is 0.395. The number of aromatic hydroxyl groups is 1. The van der Waals surface area contributed by atoms with Gasteiger partial charge in [-0.2, -0.15) is 0 Å². The summed E-state index contributed by atoms with van der Waals surface area (Å²) in [5.74, 6) is -0.967. The third-order valence-electron chi connectivity index (χ3n) is 5.73. The van der Waals surface area contributed by atoms with Crippen molar-refractivity contribution in [1.82, 2.24) is 10.3 Å². The number of hydrogen-bond donors (Lipinski definition) is 3. The van der Waals surface area contributed by atoms with E-state index in [1.807, 2.05) is 24.3 Å². The van der Waals surface area contributed by atoms with Crippen LogP contribution in [-0.4, -0.2) is 60.3 Å². The van der Waals surface area contributed by atoms with Gasteiger partial charge in [0, 0.05) is 29.5 Å². The molecule has 3 unspecified atom stereocenters. The fourth-order valence-electron chi connectivity index (χ4n) is 4.09. The molecule has 1 fully saturated rings. The first kappa shape index (κ1) is 22.0. The van der Waals surface area contributed by atoms with Gasteiger partial charge in [0.25, 0.3) is 0 Å². The van der Waals surface area contributed by atoms with Crippen molar-refractivity contribution in [3.8, 4) is 11.5 Å². The molecule has 1 saturated heterocycles. The third kappa shape index (κ3) is 4.53. The Morgan fingerprint density at radius 1 is 1.19 bits per heavy atom. The van der Waals surface area contributed by atoms with Gasteiger partial charge < -0.3 is 20.3 Å². The minimum atomic E-state index is -3.39. The zero-order valence-electron chi connectivity index (χ0n) is 17.4. The van der Waals surface area contributed by atoms with E-state index in [9.17, 15) is 23.4 Å². The molecule has 8 nitrogen and oxygen atoms in total. The van der Waals surface area contributed by atoms with Crippen LogP contribution in [0.25, 0.3) is 10.9 Å². The fraction of sp³-hybridized carbons (Fsp3) is 0.304. The van der Waals surface area contributed by atoms with Gasteiger partial charge in [0.05, 0.1) is 30.8 Å². The second-order valence-corrected chi connectivity index (χ2v) is 10.1. The Morgan fingerprint density at radius 2 is 1.94 bits per heavy atom. The number of fused-ring (bicyclic) bond motifs is 1. The zero-order chi connectivity index (χ0) is 22.9. The Kier molecular flexibility index (Phi) is 6.03. The van der Waals surface area contributed by atoms with Crippen LogP contribution in [0.2, 0.25) is 0 Å². The number of phenolic OH excluding ortho intramolecular Hbond substituents is 1. The average Bonchev–Trinajstić information content (AvgIpc) is 3.03. The van der Waals surface area contributed by atoms with Crippen LogP contribution in [-0.2, 0) is 14.6 Å². The van der Waals surface area contributed by atoms with Crippen LogP contribution in [0.5, 0.6) is 11.5 Å². The van der Waals surface area contributed by atoms with Gasteiger partial charge in [0.15, 0.2) is 9.84 Å². The summed E-state index contributed by atoms with van der Waals surface area (Å²) in [6, 6.07) is 13.5. The molecule has 1 aromatic heterocycles. The smallest absolute Gasteiger partial charge is 0.221 e. The van der Waals surface area contributed by atoms with Gasteiger partial charge in [0.2, 0.25) is 5.91 Å². The summed E-state index contributed by atoms with van der Waals surface area (Å²) < 4.78 is 28.7. The van der Waals surface area contributed by atoms with Gasteiger partial charge in [-0.1, -0.05) is 30.3 Å². The topological polar surface area (TPSA) is 126 Å². The van der Waals surface area contributed by atoms with E-state index >= 15 is 0 Å². The van der Waals surface area contributed by atoms with Gasteiger partial charge in [0.1, 0.15) is 17.0 Å². The summed E-state index contributed by atoms with van der Waals surface area (Å²) in [5.41, 5.74) is 1.73. The molecule has 168 valence electrons. The molecule has 3 aromatic rings. The number of carbonyl (C=O) groups excluding carboxylic acids is 1. The summed E-state index contributed by atoms with van der Waals surface area (Å²) >= 11 is 0. The molecule has 0 saturated carbocycles. The number of phenols is 1. The Labute approximate surface area is 185 Å². The van der Waals surface area contributed by atoms with Gasteiger partial charge in [-0.15, -0.1) is 0 Å². The highest BCUT2D eigenvalue weighted by Gasteiger charge is 2.37. The number of carbonyl (C=O) groups is 1. The van der Waals surface area contributed by atoms with Crippen LogP contribution in [0.3, 0.4) is 0 Å². The normalized spacial score (nSPS) is 20.7. The fourth-order valence-corrected chi connectivity index (χ4v) is 5.83. The maximum Gasteiger partial charge on any atom is 0.221 e. The maximum atomic E-state index is 12.9. The number of rotatable bonds is 6. The number of nitrogens with zero attached hydrogens (tertiary/aromatic N) is 1. The second-order valence-electron chi connectivity index (χ2n) is 7.93. The molecule has 1 amide bonds. The van der Waals surface area contributed by atoms with Gasteiger partial charge in [-0.05, 0) is 23.8 Å². The molecule has 32 heavy (non-hydrogen) atoms. The van der Waals surface area contributed by atoms with Gasteiger partial charge >= 0.3 is 0 Å².